The maximum Gasteiger partial charge on any atom is 0.225 e. The van der Waals surface area contributed by atoms with Crippen molar-refractivity contribution in [2.24, 2.45) is 0 Å². The molecule has 0 saturated heterocycles. The molecular formula is C15H25N3O3S. The summed E-state index contributed by atoms with van der Waals surface area (Å²) in [7, 11) is -0.429. The zero-order valence-corrected chi connectivity index (χ0v) is 14.5. The van der Waals surface area contributed by atoms with E-state index in [1.54, 1.807) is 0 Å². The van der Waals surface area contributed by atoms with Gasteiger partial charge < -0.3 is 10.2 Å². The second-order valence-electron chi connectivity index (χ2n) is 5.12. The van der Waals surface area contributed by atoms with E-state index >= 15 is 0 Å². The predicted octanol–water partition coefficient (Wildman–Crippen LogP) is 1.75. The van der Waals surface area contributed by atoms with E-state index in [1.165, 1.54) is 14.1 Å². The van der Waals surface area contributed by atoms with Crippen LogP contribution in [0.2, 0.25) is 0 Å². The van der Waals surface area contributed by atoms with Gasteiger partial charge in [-0.25, -0.2) is 12.7 Å². The lowest BCUT2D eigenvalue weighted by atomic mass is 10.2. The molecule has 0 saturated carbocycles. The number of hydrogen-bond acceptors (Lipinski definition) is 4. The number of anilines is 2. The molecule has 1 aromatic rings. The zero-order chi connectivity index (χ0) is 16.8. The molecule has 0 fully saturated rings. The number of benzene rings is 1. The first kappa shape index (κ1) is 18.4. The van der Waals surface area contributed by atoms with E-state index in [0.717, 1.165) is 23.1 Å². The van der Waals surface area contributed by atoms with E-state index in [0.29, 0.717) is 5.69 Å². The normalized spacial score (nSPS) is 11.5. The van der Waals surface area contributed by atoms with Crippen LogP contribution in [0.5, 0.6) is 0 Å². The molecular weight excluding hydrogens is 302 g/mol. The first-order valence-electron chi connectivity index (χ1n) is 7.35. The summed E-state index contributed by atoms with van der Waals surface area (Å²) in [6.45, 7) is 6.02. The molecule has 0 atom stereocenters. The smallest absolute Gasteiger partial charge is 0.225 e. The van der Waals surface area contributed by atoms with Crippen LogP contribution in [0.15, 0.2) is 24.3 Å². The highest BCUT2D eigenvalue weighted by molar-refractivity contribution is 7.89. The Morgan fingerprint density at radius 1 is 1.09 bits per heavy atom. The standard InChI is InChI=1S/C15H25N3O3S/c1-5-18(6-2)14-9-7-13(8-10-14)16-15(19)11-12-22(20,21)17(3)4/h7-10H,5-6,11-12H2,1-4H3,(H,16,19). The van der Waals surface area contributed by atoms with Crippen molar-refractivity contribution in [2.75, 3.05) is 43.2 Å². The molecule has 6 nitrogen and oxygen atoms in total. The van der Waals surface area contributed by atoms with E-state index in [-0.39, 0.29) is 18.1 Å². The monoisotopic (exact) mass is 327 g/mol. The van der Waals surface area contributed by atoms with Gasteiger partial charge in [-0.3, -0.25) is 4.79 Å². The van der Waals surface area contributed by atoms with E-state index in [4.69, 9.17) is 0 Å². The van der Waals surface area contributed by atoms with E-state index in [9.17, 15) is 13.2 Å². The molecule has 0 aliphatic heterocycles. The van der Waals surface area contributed by atoms with E-state index < -0.39 is 10.0 Å². The summed E-state index contributed by atoms with van der Waals surface area (Å²) in [5, 5.41) is 2.72. The number of rotatable bonds is 8. The topological polar surface area (TPSA) is 69.7 Å². The molecule has 0 unspecified atom stereocenters. The van der Waals surface area contributed by atoms with Crippen LogP contribution >= 0.6 is 0 Å². The fourth-order valence-electron chi connectivity index (χ4n) is 1.97. The Labute approximate surface area is 133 Å². The van der Waals surface area contributed by atoms with Gasteiger partial charge in [-0.15, -0.1) is 0 Å². The summed E-state index contributed by atoms with van der Waals surface area (Å²) >= 11 is 0. The Bertz CT molecular complexity index is 579. The van der Waals surface area contributed by atoms with Crippen LogP contribution in [0, 0.1) is 0 Å². The highest BCUT2D eigenvalue weighted by atomic mass is 32.2. The molecule has 0 bridgehead atoms. The van der Waals surface area contributed by atoms with Crippen molar-refractivity contribution in [3.63, 3.8) is 0 Å². The van der Waals surface area contributed by atoms with E-state index in [2.05, 4.69) is 24.1 Å². The first-order chi connectivity index (χ1) is 10.3. The average Bonchev–Trinajstić information content (AvgIpc) is 2.48. The van der Waals surface area contributed by atoms with Gasteiger partial charge in [-0.2, -0.15) is 0 Å². The quantitative estimate of drug-likeness (QED) is 0.790. The lowest BCUT2D eigenvalue weighted by Gasteiger charge is -2.21. The average molecular weight is 327 g/mol. The third-order valence-electron chi connectivity index (χ3n) is 3.42. The van der Waals surface area contributed by atoms with Crippen LogP contribution in [-0.4, -0.2) is 51.6 Å². The minimum absolute atomic E-state index is 0.0572. The maximum absolute atomic E-state index is 11.8. The van der Waals surface area contributed by atoms with Crippen LogP contribution in [0.4, 0.5) is 11.4 Å². The number of nitrogens with zero attached hydrogens (tertiary/aromatic N) is 2. The van der Waals surface area contributed by atoms with Crippen molar-refractivity contribution < 1.29 is 13.2 Å². The number of amides is 1. The Kier molecular flexibility index (Phi) is 6.83. The van der Waals surface area contributed by atoms with Gasteiger partial charge in [-0.05, 0) is 38.1 Å². The number of carbonyl (C=O) groups excluding carboxylic acids is 1. The van der Waals surface area contributed by atoms with Crippen LogP contribution < -0.4 is 10.2 Å². The fourth-order valence-corrected chi connectivity index (χ4v) is 2.78. The molecule has 22 heavy (non-hydrogen) atoms. The number of sulfonamides is 1. The summed E-state index contributed by atoms with van der Waals surface area (Å²) < 4.78 is 24.4. The largest absolute Gasteiger partial charge is 0.372 e. The van der Waals surface area contributed by atoms with Gasteiger partial charge in [0.2, 0.25) is 15.9 Å². The molecule has 0 aromatic heterocycles. The lowest BCUT2D eigenvalue weighted by Crippen LogP contribution is -2.27. The zero-order valence-electron chi connectivity index (χ0n) is 13.7. The predicted molar refractivity (Wildman–Crippen MR) is 90.7 cm³/mol. The highest BCUT2D eigenvalue weighted by Crippen LogP contribution is 2.17. The van der Waals surface area contributed by atoms with Crippen LogP contribution in [-0.2, 0) is 14.8 Å². The van der Waals surface area contributed by atoms with Gasteiger partial charge in [-0.1, -0.05) is 0 Å². The van der Waals surface area contributed by atoms with Crippen LogP contribution in [0.1, 0.15) is 20.3 Å². The van der Waals surface area contributed by atoms with Gasteiger partial charge >= 0.3 is 0 Å². The van der Waals surface area contributed by atoms with Crippen molar-refractivity contribution in [3.05, 3.63) is 24.3 Å². The van der Waals surface area contributed by atoms with Gasteiger partial charge in [0.05, 0.1) is 5.75 Å². The van der Waals surface area contributed by atoms with Crippen molar-refractivity contribution in [3.8, 4) is 0 Å². The van der Waals surface area contributed by atoms with E-state index in [1.807, 2.05) is 24.3 Å². The first-order valence-corrected chi connectivity index (χ1v) is 8.96. The summed E-state index contributed by atoms with van der Waals surface area (Å²) in [4.78, 5) is 14.0. The fraction of sp³-hybridized carbons (Fsp3) is 0.533. The van der Waals surface area contributed by atoms with Crippen molar-refractivity contribution >= 4 is 27.3 Å². The van der Waals surface area contributed by atoms with Crippen molar-refractivity contribution in [1.29, 1.82) is 0 Å². The Morgan fingerprint density at radius 2 is 1.64 bits per heavy atom. The molecule has 1 rings (SSSR count). The Morgan fingerprint density at radius 3 is 2.09 bits per heavy atom. The highest BCUT2D eigenvalue weighted by Gasteiger charge is 2.15. The molecule has 0 spiro atoms. The summed E-state index contributed by atoms with van der Waals surface area (Å²) in [6.07, 6.45) is -0.0572. The molecule has 1 N–H and O–H groups in total. The molecule has 0 aliphatic carbocycles. The minimum atomic E-state index is -3.34. The summed E-state index contributed by atoms with van der Waals surface area (Å²) in [6, 6.07) is 7.54. The Balaban J connectivity index is 2.59. The second kappa shape index (κ2) is 8.14. The molecule has 0 radical (unpaired) electrons. The van der Waals surface area contributed by atoms with Crippen LogP contribution in [0.25, 0.3) is 0 Å². The molecule has 0 heterocycles. The minimum Gasteiger partial charge on any atom is -0.372 e. The Hall–Kier alpha value is -1.60. The van der Waals surface area contributed by atoms with Crippen molar-refractivity contribution in [1.82, 2.24) is 4.31 Å². The molecule has 0 aliphatic rings. The third kappa shape index (κ3) is 5.31. The summed E-state index contributed by atoms with van der Waals surface area (Å²) in [5.74, 6) is -0.496. The summed E-state index contributed by atoms with van der Waals surface area (Å²) in [5.41, 5.74) is 1.77. The molecule has 124 valence electrons. The van der Waals surface area contributed by atoms with Crippen molar-refractivity contribution in [2.45, 2.75) is 20.3 Å². The van der Waals surface area contributed by atoms with Gasteiger partial charge in [0.25, 0.3) is 0 Å². The number of nitrogens with one attached hydrogen (secondary N) is 1. The number of hydrogen-bond donors (Lipinski definition) is 1. The van der Waals surface area contributed by atoms with Crippen LogP contribution in [0.3, 0.4) is 0 Å². The SMILES string of the molecule is CCN(CC)c1ccc(NC(=O)CCS(=O)(=O)N(C)C)cc1. The van der Waals surface area contributed by atoms with Gasteiger partial charge in [0.15, 0.2) is 0 Å². The molecule has 1 aromatic carbocycles. The molecule has 1 amide bonds. The second-order valence-corrected chi connectivity index (χ2v) is 7.42. The molecule has 7 heteroatoms. The number of carbonyl (C=O) groups is 1. The lowest BCUT2D eigenvalue weighted by molar-refractivity contribution is -0.115. The van der Waals surface area contributed by atoms with Gasteiger partial charge in [0, 0.05) is 45.0 Å². The van der Waals surface area contributed by atoms with Gasteiger partial charge in [0.1, 0.15) is 0 Å². The third-order valence-corrected chi connectivity index (χ3v) is 5.26. The maximum atomic E-state index is 11.8.